The number of nitrogens with two attached hydrogens (primary N) is 1. The van der Waals surface area contributed by atoms with E-state index in [1.807, 2.05) is 24.3 Å². The van der Waals surface area contributed by atoms with Crippen LogP contribution in [-0.4, -0.2) is 5.60 Å². The Morgan fingerprint density at radius 1 is 1.21 bits per heavy atom. The van der Waals surface area contributed by atoms with Crippen molar-refractivity contribution in [3.63, 3.8) is 0 Å². The molecule has 0 amide bonds. The maximum Gasteiger partial charge on any atom is 0.120 e. The van der Waals surface area contributed by atoms with Gasteiger partial charge in [-0.3, -0.25) is 0 Å². The predicted octanol–water partition coefficient (Wildman–Crippen LogP) is 2.71. The molecular formula is C12H19NO. The Balaban J connectivity index is 2.69. The Bertz CT molecular complexity index is 277. The summed E-state index contributed by atoms with van der Waals surface area (Å²) in [5.74, 6) is 0.911. The summed E-state index contributed by atoms with van der Waals surface area (Å²) in [6.45, 7) is 6.87. The molecule has 1 aromatic carbocycles. The fraction of sp³-hybridized carbons (Fsp3) is 0.500. The monoisotopic (exact) mass is 193 g/mol. The van der Waals surface area contributed by atoms with Gasteiger partial charge in [0.25, 0.3) is 0 Å². The molecule has 2 N–H and O–H groups in total. The van der Waals surface area contributed by atoms with Crippen molar-refractivity contribution in [2.45, 2.75) is 39.3 Å². The molecule has 78 valence electrons. The van der Waals surface area contributed by atoms with Crippen molar-refractivity contribution in [3.05, 3.63) is 29.8 Å². The Morgan fingerprint density at radius 3 is 2.21 bits per heavy atom. The van der Waals surface area contributed by atoms with E-state index in [1.54, 1.807) is 0 Å². The van der Waals surface area contributed by atoms with Crippen molar-refractivity contribution in [2.24, 2.45) is 5.73 Å². The second kappa shape index (κ2) is 4.47. The first-order valence-corrected chi connectivity index (χ1v) is 5.05. The number of rotatable bonds is 4. The lowest BCUT2D eigenvalue weighted by atomic mass is 10.1. The standard InChI is InChI=1S/C12H19NO/c1-4-12(2,3)14-11-7-5-10(9-13)6-8-11/h5-8H,4,9,13H2,1-3H3. The van der Waals surface area contributed by atoms with E-state index in [9.17, 15) is 0 Å². The van der Waals surface area contributed by atoms with Crippen LogP contribution < -0.4 is 10.5 Å². The molecule has 0 aromatic heterocycles. The highest BCUT2D eigenvalue weighted by molar-refractivity contribution is 5.27. The summed E-state index contributed by atoms with van der Waals surface area (Å²) in [5, 5.41) is 0. The number of hydrogen-bond donors (Lipinski definition) is 1. The van der Waals surface area contributed by atoms with Gasteiger partial charge in [0, 0.05) is 6.54 Å². The zero-order valence-electron chi connectivity index (χ0n) is 9.21. The third-order valence-corrected chi connectivity index (χ3v) is 2.40. The highest BCUT2D eigenvalue weighted by Crippen LogP contribution is 2.20. The summed E-state index contributed by atoms with van der Waals surface area (Å²) < 4.78 is 5.81. The van der Waals surface area contributed by atoms with Crippen LogP contribution >= 0.6 is 0 Å². The molecule has 0 unspecified atom stereocenters. The van der Waals surface area contributed by atoms with Gasteiger partial charge in [-0.2, -0.15) is 0 Å². The predicted molar refractivity (Wildman–Crippen MR) is 59.3 cm³/mol. The van der Waals surface area contributed by atoms with E-state index in [2.05, 4.69) is 20.8 Å². The molecule has 14 heavy (non-hydrogen) atoms. The van der Waals surface area contributed by atoms with Crippen molar-refractivity contribution in [1.82, 2.24) is 0 Å². The topological polar surface area (TPSA) is 35.2 Å². The Hall–Kier alpha value is -1.02. The molecule has 0 spiro atoms. The third-order valence-electron chi connectivity index (χ3n) is 2.40. The van der Waals surface area contributed by atoms with Crippen molar-refractivity contribution < 1.29 is 4.74 Å². The van der Waals surface area contributed by atoms with Gasteiger partial charge in [-0.1, -0.05) is 19.1 Å². The van der Waals surface area contributed by atoms with Gasteiger partial charge in [0.2, 0.25) is 0 Å². The second-order valence-corrected chi connectivity index (χ2v) is 4.06. The van der Waals surface area contributed by atoms with Crippen molar-refractivity contribution in [3.8, 4) is 5.75 Å². The van der Waals surface area contributed by atoms with E-state index < -0.39 is 0 Å². The van der Waals surface area contributed by atoms with Crippen molar-refractivity contribution in [1.29, 1.82) is 0 Å². The number of benzene rings is 1. The summed E-state index contributed by atoms with van der Waals surface area (Å²) in [7, 11) is 0. The first-order chi connectivity index (χ1) is 6.57. The molecule has 0 radical (unpaired) electrons. The van der Waals surface area contributed by atoms with E-state index >= 15 is 0 Å². The van der Waals surface area contributed by atoms with Crippen LogP contribution in [0.2, 0.25) is 0 Å². The van der Waals surface area contributed by atoms with E-state index in [1.165, 1.54) is 0 Å². The molecule has 0 saturated heterocycles. The summed E-state index contributed by atoms with van der Waals surface area (Å²) >= 11 is 0. The normalized spacial score (nSPS) is 11.4. The van der Waals surface area contributed by atoms with Crippen LogP contribution in [0.15, 0.2) is 24.3 Å². The molecule has 0 aliphatic heterocycles. The SMILES string of the molecule is CCC(C)(C)Oc1ccc(CN)cc1. The van der Waals surface area contributed by atoms with Gasteiger partial charge in [0.15, 0.2) is 0 Å². The van der Waals surface area contributed by atoms with Crippen LogP contribution in [0.25, 0.3) is 0 Å². The maximum absolute atomic E-state index is 5.81. The van der Waals surface area contributed by atoms with Crippen LogP contribution in [0.3, 0.4) is 0 Å². The van der Waals surface area contributed by atoms with Crippen LogP contribution in [0.4, 0.5) is 0 Å². The minimum Gasteiger partial charge on any atom is -0.488 e. The molecule has 0 heterocycles. The van der Waals surface area contributed by atoms with Gasteiger partial charge < -0.3 is 10.5 Å². The molecule has 0 aliphatic rings. The quantitative estimate of drug-likeness (QED) is 0.798. The van der Waals surface area contributed by atoms with E-state index in [0.717, 1.165) is 17.7 Å². The molecule has 0 bridgehead atoms. The minimum atomic E-state index is -0.0930. The van der Waals surface area contributed by atoms with Crippen LogP contribution in [0.1, 0.15) is 32.8 Å². The summed E-state index contributed by atoms with van der Waals surface area (Å²) in [4.78, 5) is 0. The van der Waals surface area contributed by atoms with Crippen LogP contribution in [-0.2, 0) is 6.54 Å². The smallest absolute Gasteiger partial charge is 0.120 e. The van der Waals surface area contributed by atoms with Gasteiger partial charge >= 0.3 is 0 Å². The van der Waals surface area contributed by atoms with Gasteiger partial charge in [-0.05, 0) is 38.0 Å². The molecular weight excluding hydrogens is 174 g/mol. The Labute approximate surface area is 86.1 Å². The first kappa shape index (κ1) is 11.1. The molecule has 0 fully saturated rings. The maximum atomic E-state index is 5.81. The average Bonchev–Trinajstić information content (AvgIpc) is 2.19. The largest absolute Gasteiger partial charge is 0.488 e. The van der Waals surface area contributed by atoms with Crippen molar-refractivity contribution >= 4 is 0 Å². The second-order valence-electron chi connectivity index (χ2n) is 4.06. The Morgan fingerprint density at radius 2 is 1.79 bits per heavy atom. The van der Waals surface area contributed by atoms with E-state index in [-0.39, 0.29) is 5.60 Å². The number of ether oxygens (including phenoxy) is 1. The fourth-order valence-corrected chi connectivity index (χ4v) is 1.08. The highest BCUT2D eigenvalue weighted by Gasteiger charge is 2.16. The number of hydrogen-bond acceptors (Lipinski definition) is 2. The molecule has 0 aliphatic carbocycles. The zero-order valence-corrected chi connectivity index (χ0v) is 9.21. The van der Waals surface area contributed by atoms with Gasteiger partial charge in [-0.25, -0.2) is 0 Å². The average molecular weight is 193 g/mol. The lowest BCUT2D eigenvalue weighted by Gasteiger charge is -2.24. The van der Waals surface area contributed by atoms with Gasteiger partial charge in [0.1, 0.15) is 11.4 Å². The molecule has 0 atom stereocenters. The highest BCUT2D eigenvalue weighted by atomic mass is 16.5. The molecule has 1 rings (SSSR count). The summed E-state index contributed by atoms with van der Waals surface area (Å²) in [6.07, 6.45) is 0.992. The minimum absolute atomic E-state index is 0.0930. The zero-order chi connectivity index (χ0) is 10.6. The Kier molecular flexibility index (Phi) is 3.53. The lowest BCUT2D eigenvalue weighted by molar-refractivity contribution is 0.105. The fourth-order valence-electron chi connectivity index (χ4n) is 1.08. The first-order valence-electron chi connectivity index (χ1n) is 5.05. The molecule has 2 nitrogen and oxygen atoms in total. The van der Waals surface area contributed by atoms with E-state index in [4.69, 9.17) is 10.5 Å². The third kappa shape index (κ3) is 3.04. The van der Waals surface area contributed by atoms with Crippen LogP contribution in [0, 0.1) is 0 Å². The van der Waals surface area contributed by atoms with Crippen LogP contribution in [0.5, 0.6) is 5.75 Å². The van der Waals surface area contributed by atoms with Gasteiger partial charge in [-0.15, -0.1) is 0 Å². The lowest BCUT2D eigenvalue weighted by Crippen LogP contribution is -2.26. The molecule has 2 heteroatoms. The molecule has 0 saturated carbocycles. The summed E-state index contributed by atoms with van der Waals surface area (Å²) in [6, 6.07) is 7.95. The van der Waals surface area contributed by atoms with Crippen molar-refractivity contribution in [2.75, 3.05) is 0 Å². The molecule has 1 aromatic rings. The van der Waals surface area contributed by atoms with E-state index in [0.29, 0.717) is 6.54 Å². The van der Waals surface area contributed by atoms with Gasteiger partial charge in [0.05, 0.1) is 0 Å². The summed E-state index contributed by atoms with van der Waals surface area (Å²) in [5.41, 5.74) is 6.55.